The van der Waals surface area contributed by atoms with Gasteiger partial charge in [-0.25, -0.2) is 4.39 Å². The molecule has 5 heteroatoms. The summed E-state index contributed by atoms with van der Waals surface area (Å²) in [4.78, 5) is 8.91. The lowest BCUT2D eigenvalue weighted by Gasteiger charge is -2.23. The molecule has 29 heavy (non-hydrogen) atoms. The van der Waals surface area contributed by atoms with E-state index in [0.717, 1.165) is 56.2 Å². The van der Waals surface area contributed by atoms with E-state index in [1.54, 1.807) is 24.5 Å². The molecule has 4 nitrogen and oxygen atoms in total. The van der Waals surface area contributed by atoms with Crippen LogP contribution in [0.3, 0.4) is 0 Å². The molecular formula is C24H26FN3O. The lowest BCUT2D eigenvalue weighted by atomic mass is 10.2. The minimum Gasteiger partial charge on any atom is -0.455 e. The number of rotatable bonds is 6. The number of nitrogens with zero attached hydrogens (tertiary/aromatic N) is 3. The number of hydrogen-bond donors (Lipinski definition) is 0. The minimum atomic E-state index is -0.116. The van der Waals surface area contributed by atoms with E-state index in [2.05, 4.69) is 20.9 Å². The second kappa shape index (κ2) is 9.63. The Morgan fingerprint density at radius 1 is 0.793 bits per heavy atom. The fourth-order valence-corrected chi connectivity index (χ4v) is 3.72. The third-order valence-electron chi connectivity index (χ3n) is 5.26. The lowest BCUT2D eigenvalue weighted by Crippen LogP contribution is -2.30. The number of aromatic nitrogens is 1. The molecule has 0 saturated carbocycles. The first kappa shape index (κ1) is 19.6. The molecule has 0 N–H and O–H groups in total. The molecule has 0 bridgehead atoms. The Labute approximate surface area is 171 Å². The van der Waals surface area contributed by atoms with Crippen molar-refractivity contribution >= 4 is 0 Å². The van der Waals surface area contributed by atoms with Crippen LogP contribution < -0.4 is 4.74 Å². The molecular weight excluding hydrogens is 365 g/mol. The summed E-state index contributed by atoms with van der Waals surface area (Å²) in [6.45, 7) is 5.40. The third kappa shape index (κ3) is 5.40. The molecule has 1 saturated heterocycles. The molecule has 0 atom stereocenters. The van der Waals surface area contributed by atoms with Gasteiger partial charge in [-0.15, -0.1) is 0 Å². The van der Waals surface area contributed by atoms with E-state index in [-0.39, 0.29) is 5.82 Å². The van der Waals surface area contributed by atoms with Gasteiger partial charge in [-0.05, 0) is 43.8 Å². The highest BCUT2D eigenvalue weighted by atomic mass is 19.1. The number of pyridine rings is 1. The quantitative estimate of drug-likeness (QED) is 0.608. The first-order valence-electron chi connectivity index (χ1n) is 10.1. The second-order valence-corrected chi connectivity index (χ2v) is 7.40. The maximum atomic E-state index is 14.0. The first-order chi connectivity index (χ1) is 14.3. The summed E-state index contributed by atoms with van der Waals surface area (Å²) in [7, 11) is 0. The maximum absolute atomic E-state index is 14.0. The number of halogens is 1. The molecule has 1 aromatic heterocycles. The van der Waals surface area contributed by atoms with Crippen LogP contribution in [0.25, 0.3) is 0 Å². The number of ether oxygens (including phenoxy) is 1. The molecule has 0 aliphatic carbocycles. The van der Waals surface area contributed by atoms with E-state index in [4.69, 9.17) is 4.74 Å². The monoisotopic (exact) mass is 391 g/mol. The zero-order valence-corrected chi connectivity index (χ0v) is 16.5. The summed E-state index contributed by atoms with van der Waals surface area (Å²) in [5.74, 6) is 1.50. The Morgan fingerprint density at radius 2 is 1.48 bits per heavy atom. The predicted molar refractivity (Wildman–Crippen MR) is 112 cm³/mol. The molecule has 4 rings (SSSR count). The Balaban J connectivity index is 1.38. The van der Waals surface area contributed by atoms with E-state index < -0.39 is 0 Å². The van der Waals surface area contributed by atoms with Crippen LogP contribution in [0.4, 0.5) is 4.39 Å². The van der Waals surface area contributed by atoms with Gasteiger partial charge in [0.2, 0.25) is 0 Å². The molecule has 3 aromatic rings. The zero-order valence-electron chi connectivity index (χ0n) is 16.5. The summed E-state index contributed by atoms with van der Waals surface area (Å²) in [5, 5.41) is 0. The van der Waals surface area contributed by atoms with Crippen molar-refractivity contribution < 1.29 is 9.13 Å². The van der Waals surface area contributed by atoms with Crippen molar-refractivity contribution in [2.75, 3.05) is 26.2 Å². The van der Waals surface area contributed by atoms with Crippen LogP contribution in [0.15, 0.2) is 73.1 Å². The molecule has 0 radical (unpaired) electrons. The van der Waals surface area contributed by atoms with Crippen molar-refractivity contribution in [1.82, 2.24) is 14.8 Å². The summed E-state index contributed by atoms with van der Waals surface area (Å²) in [5.41, 5.74) is 1.94. The van der Waals surface area contributed by atoms with E-state index in [9.17, 15) is 4.39 Å². The molecule has 1 aliphatic heterocycles. The maximum Gasteiger partial charge on any atom is 0.145 e. The van der Waals surface area contributed by atoms with Crippen LogP contribution in [0.2, 0.25) is 0 Å². The minimum absolute atomic E-state index is 0.116. The highest BCUT2D eigenvalue weighted by molar-refractivity contribution is 5.37. The van der Waals surface area contributed by atoms with E-state index >= 15 is 0 Å². The summed E-state index contributed by atoms with van der Waals surface area (Å²) >= 11 is 0. The lowest BCUT2D eigenvalue weighted by molar-refractivity contribution is 0.244. The van der Waals surface area contributed by atoms with Crippen LogP contribution in [0.5, 0.6) is 11.5 Å². The van der Waals surface area contributed by atoms with Gasteiger partial charge in [0.15, 0.2) is 0 Å². The van der Waals surface area contributed by atoms with Gasteiger partial charge >= 0.3 is 0 Å². The summed E-state index contributed by atoms with van der Waals surface area (Å²) in [6.07, 6.45) is 4.53. The van der Waals surface area contributed by atoms with Gasteiger partial charge in [-0.1, -0.05) is 36.4 Å². The van der Waals surface area contributed by atoms with Crippen molar-refractivity contribution in [1.29, 1.82) is 0 Å². The molecule has 0 spiro atoms. The Morgan fingerprint density at radius 3 is 2.21 bits per heavy atom. The van der Waals surface area contributed by atoms with Gasteiger partial charge in [0, 0.05) is 43.5 Å². The summed E-state index contributed by atoms with van der Waals surface area (Å²) < 4.78 is 20.0. The van der Waals surface area contributed by atoms with Gasteiger partial charge < -0.3 is 4.74 Å². The highest BCUT2D eigenvalue weighted by Crippen LogP contribution is 2.26. The Bertz CT molecular complexity index is 919. The van der Waals surface area contributed by atoms with Crippen molar-refractivity contribution in [2.24, 2.45) is 0 Å². The predicted octanol–water partition coefficient (Wildman–Crippen LogP) is 4.72. The average Bonchev–Trinajstić information content (AvgIpc) is 2.97. The van der Waals surface area contributed by atoms with Crippen molar-refractivity contribution in [3.05, 3.63) is 90.0 Å². The molecule has 2 heterocycles. The largest absolute Gasteiger partial charge is 0.455 e. The third-order valence-corrected chi connectivity index (χ3v) is 5.26. The molecule has 2 aromatic carbocycles. The zero-order chi connectivity index (χ0) is 19.9. The second-order valence-electron chi connectivity index (χ2n) is 7.40. The van der Waals surface area contributed by atoms with E-state index in [1.165, 1.54) is 5.56 Å². The van der Waals surface area contributed by atoms with Crippen LogP contribution >= 0.6 is 0 Å². The van der Waals surface area contributed by atoms with Crippen LogP contribution in [-0.4, -0.2) is 41.0 Å². The standard InChI is InChI=1S/C24H26FN3O/c25-23-10-3-1-7-20(23)18-27-13-6-14-28(16-15-27)19-21-8-2-4-11-24(21)29-22-9-5-12-26-17-22/h1-5,7-12,17H,6,13-16,18-19H2. The average molecular weight is 391 g/mol. The number of hydrogen-bond acceptors (Lipinski definition) is 4. The van der Waals surface area contributed by atoms with E-state index in [1.807, 2.05) is 42.5 Å². The first-order valence-corrected chi connectivity index (χ1v) is 10.1. The normalized spacial score (nSPS) is 15.8. The molecule has 1 fully saturated rings. The van der Waals surface area contributed by atoms with E-state index in [0.29, 0.717) is 6.54 Å². The van der Waals surface area contributed by atoms with Gasteiger partial charge in [-0.2, -0.15) is 0 Å². The van der Waals surface area contributed by atoms with Crippen LogP contribution in [0, 0.1) is 5.82 Å². The fourth-order valence-electron chi connectivity index (χ4n) is 3.72. The Kier molecular flexibility index (Phi) is 6.49. The SMILES string of the molecule is Fc1ccccc1CN1CCCN(Cc2ccccc2Oc2cccnc2)CC1. The van der Waals surface area contributed by atoms with Crippen molar-refractivity contribution in [3.63, 3.8) is 0 Å². The molecule has 1 aliphatic rings. The molecule has 0 amide bonds. The van der Waals surface area contributed by atoms with Crippen molar-refractivity contribution in [2.45, 2.75) is 19.5 Å². The highest BCUT2D eigenvalue weighted by Gasteiger charge is 2.17. The number of para-hydroxylation sites is 1. The Hall–Kier alpha value is -2.76. The topological polar surface area (TPSA) is 28.6 Å². The fraction of sp³-hybridized carbons (Fsp3) is 0.292. The van der Waals surface area contributed by atoms with Crippen LogP contribution in [0.1, 0.15) is 17.5 Å². The summed E-state index contributed by atoms with van der Waals surface area (Å²) in [6, 6.07) is 19.0. The molecule has 150 valence electrons. The molecule has 0 unspecified atom stereocenters. The van der Waals surface area contributed by atoms with Gasteiger partial charge in [-0.3, -0.25) is 14.8 Å². The smallest absolute Gasteiger partial charge is 0.145 e. The van der Waals surface area contributed by atoms with Crippen LogP contribution in [-0.2, 0) is 13.1 Å². The van der Waals surface area contributed by atoms with Crippen molar-refractivity contribution in [3.8, 4) is 11.5 Å². The van der Waals surface area contributed by atoms with Gasteiger partial charge in [0.1, 0.15) is 17.3 Å². The van der Waals surface area contributed by atoms with Gasteiger partial charge in [0.05, 0.1) is 6.20 Å². The number of benzene rings is 2. The van der Waals surface area contributed by atoms with Gasteiger partial charge in [0.25, 0.3) is 0 Å².